The highest BCUT2D eigenvalue weighted by Crippen LogP contribution is 2.25. The highest BCUT2D eigenvalue weighted by Gasteiger charge is 2.23. The molecule has 1 atom stereocenters. The fourth-order valence-electron chi connectivity index (χ4n) is 3.11. The number of rotatable bonds is 4. The van der Waals surface area contributed by atoms with Gasteiger partial charge in [0.05, 0.1) is 25.8 Å². The molecule has 2 aliphatic heterocycles. The first-order chi connectivity index (χ1) is 11.7. The summed E-state index contributed by atoms with van der Waals surface area (Å²) in [6, 6.07) is 8.25. The summed E-state index contributed by atoms with van der Waals surface area (Å²) in [4.78, 5) is 9.31. The van der Waals surface area contributed by atoms with Crippen molar-refractivity contribution in [1.29, 1.82) is 0 Å². The molecule has 2 fully saturated rings. The van der Waals surface area contributed by atoms with Crippen LogP contribution in [-0.4, -0.2) is 73.2 Å². The van der Waals surface area contributed by atoms with Crippen molar-refractivity contribution in [2.75, 3.05) is 57.4 Å². The Morgan fingerprint density at radius 1 is 1.25 bits per heavy atom. The van der Waals surface area contributed by atoms with Crippen LogP contribution in [0, 0.1) is 0 Å². The van der Waals surface area contributed by atoms with Gasteiger partial charge in [-0.1, -0.05) is 23.7 Å². The molecule has 2 aliphatic rings. The number of hydrogen-bond acceptors (Lipinski definition) is 4. The standard InChI is InChI=1S/C17H25ClN4OS/c18-15-3-1-2-14(12-15)16(21-4-8-23-9-5-21)13-20-17(19)22-6-10-24-11-7-22/h1-3,12,16H,4-11,13H2,(H2,19,20). The summed E-state index contributed by atoms with van der Waals surface area (Å²) >= 11 is 8.17. The Hall–Kier alpha value is -0.950. The van der Waals surface area contributed by atoms with Gasteiger partial charge in [-0.3, -0.25) is 9.89 Å². The summed E-state index contributed by atoms with van der Waals surface area (Å²) in [6.07, 6.45) is 0. The third kappa shape index (κ3) is 4.79. The number of nitrogens with two attached hydrogens (primary N) is 1. The Morgan fingerprint density at radius 2 is 2.00 bits per heavy atom. The topological polar surface area (TPSA) is 54.1 Å². The molecule has 0 spiro atoms. The van der Waals surface area contributed by atoms with E-state index in [0.29, 0.717) is 12.5 Å². The molecule has 0 radical (unpaired) electrons. The molecule has 24 heavy (non-hydrogen) atoms. The van der Waals surface area contributed by atoms with Gasteiger partial charge >= 0.3 is 0 Å². The zero-order valence-electron chi connectivity index (χ0n) is 13.9. The van der Waals surface area contributed by atoms with E-state index in [1.807, 2.05) is 30.0 Å². The number of guanidine groups is 1. The van der Waals surface area contributed by atoms with E-state index in [1.165, 1.54) is 5.56 Å². The number of halogens is 1. The minimum absolute atomic E-state index is 0.185. The van der Waals surface area contributed by atoms with Gasteiger partial charge in [0, 0.05) is 42.7 Å². The van der Waals surface area contributed by atoms with Crippen LogP contribution in [0.15, 0.2) is 29.3 Å². The van der Waals surface area contributed by atoms with Crippen LogP contribution in [0.2, 0.25) is 5.02 Å². The summed E-state index contributed by atoms with van der Waals surface area (Å²) < 4.78 is 5.49. The largest absolute Gasteiger partial charge is 0.379 e. The molecular formula is C17H25ClN4OS. The van der Waals surface area contributed by atoms with Gasteiger partial charge < -0.3 is 15.4 Å². The second-order valence-electron chi connectivity index (χ2n) is 6.02. The Bertz CT molecular complexity index is 559. The maximum atomic E-state index is 6.23. The van der Waals surface area contributed by atoms with E-state index in [2.05, 4.69) is 15.9 Å². The summed E-state index contributed by atoms with van der Waals surface area (Å²) in [5, 5.41) is 0.760. The van der Waals surface area contributed by atoms with Gasteiger partial charge in [0.25, 0.3) is 0 Å². The van der Waals surface area contributed by atoms with Crippen molar-refractivity contribution in [1.82, 2.24) is 9.80 Å². The molecule has 0 bridgehead atoms. The fraction of sp³-hybridized carbons (Fsp3) is 0.588. The summed E-state index contributed by atoms with van der Waals surface area (Å²) in [5.74, 6) is 2.91. The first-order valence-corrected chi connectivity index (χ1v) is 9.97. The van der Waals surface area contributed by atoms with E-state index in [4.69, 9.17) is 27.1 Å². The fourth-order valence-corrected chi connectivity index (χ4v) is 4.21. The summed E-state index contributed by atoms with van der Waals surface area (Å²) in [6.45, 7) is 5.97. The van der Waals surface area contributed by atoms with Gasteiger partial charge in [-0.2, -0.15) is 11.8 Å². The number of aliphatic imine (C=N–C) groups is 1. The Balaban J connectivity index is 1.73. The van der Waals surface area contributed by atoms with Gasteiger partial charge in [0.15, 0.2) is 5.96 Å². The highest BCUT2D eigenvalue weighted by atomic mass is 35.5. The van der Waals surface area contributed by atoms with Crippen LogP contribution < -0.4 is 5.73 Å². The molecule has 1 aromatic rings. The van der Waals surface area contributed by atoms with E-state index in [9.17, 15) is 0 Å². The second kappa shape index (κ2) is 8.94. The molecule has 0 saturated carbocycles. The number of thioether (sulfide) groups is 1. The van der Waals surface area contributed by atoms with Crippen LogP contribution in [0.5, 0.6) is 0 Å². The predicted molar refractivity (Wildman–Crippen MR) is 102 cm³/mol. The molecule has 1 aromatic carbocycles. The van der Waals surface area contributed by atoms with Gasteiger partial charge in [-0.25, -0.2) is 0 Å². The van der Waals surface area contributed by atoms with Crippen LogP contribution in [0.1, 0.15) is 11.6 Å². The van der Waals surface area contributed by atoms with Crippen LogP contribution >= 0.6 is 23.4 Å². The van der Waals surface area contributed by atoms with E-state index in [1.54, 1.807) is 0 Å². The average molecular weight is 369 g/mol. The highest BCUT2D eigenvalue weighted by molar-refractivity contribution is 7.99. The van der Waals surface area contributed by atoms with E-state index in [0.717, 1.165) is 55.9 Å². The van der Waals surface area contributed by atoms with E-state index in [-0.39, 0.29) is 6.04 Å². The average Bonchev–Trinajstić information content (AvgIpc) is 2.63. The molecule has 2 heterocycles. The van der Waals surface area contributed by atoms with Crippen molar-refractivity contribution in [3.8, 4) is 0 Å². The van der Waals surface area contributed by atoms with Crippen molar-refractivity contribution in [3.63, 3.8) is 0 Å². The number of hydrogen-bond donors (Lipinski definition) is 1. The third-order valence-corrected chi connectivity index (χ3v) is 5.66. The minimum atomic E-state index is 0.185. The van der Waals surface area contributed by atoms with E-state index >= 15 is 0 Å². The van der Waals surface area contributed by atoms with Crippen LogP contribution in [0.4, 0.5) is 0 Å². The summed E-state index contributed by atoms with van der Waals surface area (Å²) in [5.41, 5.74) is 7.42. The van der Waals surface area contributed by atoms with Crippen LogP contribution in [0.25, 0.3) is 0 Å². The van der Waals surface area contributed by atoms with Gasteiger partial charge in [0.2, 0.25) is 0 Å². The van der Waals surface area contributed by atoms with Crippen molar-refractivity contribution < 1.29 is 4.74 Å². The first kappa shape index (κ1) is 17.9. The lowest BCUT2D eigenvalue weighted by atomic mass is 10.0. The quantitative estimate of drug-likeness (QED) is 0.651. The number of nitrogens with zero attached hydrogens (tertiary/aromatic N) is 3. The Morgan fingerprint density at radius 3 is 2.71 bits per heavy atom. The maximum absolute atomic E-state index is 6.23. The van der Waals surface area contributed by atoms with Crippen LogP contribution in [-0.2, 0) is 4.74 Å². The molecule has 3 rings (SSSR count). The Labute approximate surface area is 153 Å². The lowest BCUT2D eigenvalue weighted by Crippen LogP contribution is -2.44. The molecule has 0 aliphatic carbocycles. The molecule has 0 amide bonds. The number of benzene rings is 1. The first-order valence-electron chi connectivity index (χ1n) is 8.44. The van der Waals surface area contributed by atoms with Gasteiger partial charge in [-0.15, -0.1) is 0 Å². The number of ether oxygens (including phenoxy) is 1. The molecule has 2 saturated heterocycles. The monoisotopic (exact) mass is 368 g/mol. The smallest absolute Gasteiger partial charge is 0.191 e. The minimum Gasteiger partial charge on any atom is -0.379 e. The van der Waals surface area contributed by atoms with Gasteiger partial charge in [-0.05, 0) is 17.7 Å². The van der Waals surface area contributed by atoms with Crippen molar-refractivity contribution >= 4 is 29.3 Å². The van der Waals surface area contributed by atoms with Gasteiger partial charge in [0.1, 0.15) is 0 Å². The molecular weight excluding hydrogens is 344 g/mol. The zero-order valence-corrected chi connectivity index (χ0v) is 15.4. The summed E-state index contributed by atoms with van der Waals surface area (Å²) in [7, 11) is 0. The number of morpholine rings is 1. The molecule has 1 unspecified atom stereocenters. The molecule has 132 valence electrons. The lowest BCUT2D eigenvalue weighted by Gasteiger charge is -2.34. The maximum Gasteiger partial charge on any atom is 0.191 e. The molecule has 0 aromatic heterocycles. The SMILES string of the molecule is NC(=NCC(c1cccc(Cl)c1)N1CCOCC1)N1CCSCC1. The van der Waals surface area contributed by atoms with Crippen molar-refractivity contribution in [2.45, 2.75) is 6.04 Å². The zero-order chi connectivity index (χ0) is 16.8. The second-order valence-corrected chi connectivity index (χ2v) is 7.68. The lowest BCUT2D eigenvalue weighted by molar-refractivity contribution is 0.0179. The van der Waals surface area contributed by atoms with Crippen LogP contribution in [0.3, 0.4) is 0 Å². The third-order valence-electron chi connectivity index (χ3n) is 4.48. The van der Waals surface area contributed by atoms with Crippen molar-refractivity contribution in [2.24, 2.45) is 10.7 Å². The Kier molecular flexibility index (Phi) is 6.66. The normalized spacial score (nSPS) is 21.7. The van der Waals surface area contributed by atoms with E-state index < -0.39 is 0 Å². The predicted octanol–water partition coefficient (Wildman–Crippen LogP) is 2.08. The molecule has 7 heteroatoms. The van der Waals surface area contributed by atoms with Crippen molar-refractivity contribution in [3.05, 3.63) is 34.9 Å². The molecule has 2 N–H and O–H groups in total. The molecule has 5 nitrogen and oxygen atoms in total.